The minimum atomic E-state index is -0.975. The molecule has 0 aliphatic carbocycles. The van der Waals surface area contributed by atoms with Crippen molar-refractivity contribution >= 4 is 12.0 Å². The minimum Gasteiger partial charge on any atom is -0.478 e. The zero-order chi connectivity index (χ0) is 11.3. The molecule has 15 heavy (non-hydrogen) atoms. The molecular weight excluding hydrogens is 196 g/mol. The molecule has 3 N–H and O–H groups in total. The molecule has 0 radical (unpaired) electrons. The van der Waals surface area contributed by atoms with E-state index in [1.165, 1.54) is 19.2 Å². The second-order valence-electron chi connectivity index (χ2n) is 2.94. The fourth-order valence-electron chi connectivity index (χ4n) is 1.09. The van der Waals surface area contributed by atoms with Crippen LogP contribution in [-0.4, -0.2) is 24.2 Å². The van der Waals surface area contributed by atoms with Gasteiger partial charge in [0.05, 0.1) is 5.56 Å². The standard InChI is InChI=1S/C10H12N2O3/c1-11-10(15)12-6-7-3-2-4-8(5-7)9(13)14/h2-5H,6H2,1H3,(H,13,14)(H2,11,12,15). The third-order valence-electron chi connectivity index (χ3n) is 1.85. The summed E-state index contributed by atoms with van der Waals surface area (Å²) in [6.45, 7) is 0.306. The predicted octanol–water partition coefficient (Wildman–Crippen LogP) is 0.814. The Morgan fingerprint density at radius 3 is 2.73 bits per heavy atom. The van der Waals surface area contributed by atoms with E-state index in [0.717, 1.165) is 5.56 Å². The van der Waals surface area contributed by atoms with Crippen molar-refractivity contribution in [2.45, 2.75) is 6.54 Å². The van der Waals surface area contributed by atoms with Crippen LogP contribution in [0, 0.1) is 0 Å². The van der Waals surface area contributed by atoms with E-state index in [-0.39, 0.29) is 11.6 Å². The van der Waals surface area contributed by atoms with Crippen LogP contribution < -0.4 is 10.6 Å². The Morgan fingerprint density at radius 2 is 2.13 bits per heavy atom. The van der Waals surface area contributed by atoms with Gasteiger partial charge in [0, 0.05) is 13.6 Å². The molecule has 1 rings (SSSR count). The van der Waals surface area contributed by atoms with Gasteiger partial charge in [0.1, 0.15) is 0 Å². The van der Waals surface area contributed by atoms with Crippen molar-refractivity contribution in [3.8, 4) is 0 Å². The van der Waals surface area contributed by atoms with E-state index in [0.29, 0.717) is 6.54 Å². The maximum atomic E-state index is 10.9. The largest absolute Gasteiger partial charge is 0.478 e. The Bertz CT molecular complexity index is 377. The highest BCUT2D eigenvalue weighted by atomic mass is 16.4. The lowest BCUT2D eigenvalue weighted by atomic mass is 10.1. The quantitative estimate of drug-likeness (QED) is 0.687. The van der Waals surface area contributed by atoms with Gasteiger partial charge in [0.2, 0.25) is 0 Å². The maximum absolute atomic E-state index is 10.9. The third-order valence-corrected chi connectivity index (χ3v) is 1.85. The summed E-state index contributed by atoms with van der Waals surface area (Å²) in [5.74, 6) is -0.975. The van der Waals surface area contributed by atoms with Crippen LogP contribution in [0.4, 0.5) is 4.79 Å². The van der Waals surface area contributed by atoms with E-state index in [2.05, 4.69) is 10.6 Å². The van der Waals surface area contributed by atoms with Gasteiger partial charge < -0.3 is 15.7 Å². The molecule has 0 heterocycles. The molecule has 0 bridgehead atoms. The Balaban J connectivity index is 2.66. The minimum absolute atomic E-state index is 0.214. The van der Waals surface area contributed by atoms with E-state index < -0.39 is 5.97 Å². The zero-order valence-electron chi connectivity index (χ0n) is 8.28. The maximum Gasteiger partial charge on any atom is 0.335 e. The molecule has 0 saturated heterocycles. The summed E-state index contributed by atoms with van der Waals surface area (Å²) in [4.78, 5) is 21.5. The number of carboxylic acids is 1. The Hall–Kier alpha value is -2.04. The summed E-state index contributed by atoms with van der Waals surface area (Å²) >= 11 is 0. The molecule has 5 heteroatoms. The third kappa shape index (κ3) is 3.30. The molecule has 80 valence electrons. The highest BCUT2D eigenvalue weighted by Crippen LogP contribution is 2.04. The number of nitrogens with one attached hydrogen (secondary N) is 2. The van der Waals surface area contributed by atoms with Crippen molar-refractivity contribution in [1.82, 2.24) is 10.6 Å². The van der Waals surface area contributed by atoms with E-state index in [4.69, 9.17) is 5.11 Å². The summed E-state index contributed by atoms with van der Waals surface area (Å²) in [6.07, 6.45) is 0. The molecular formula is C10H12N2O3. The topological polar surface area (TPSA) is 78.4 Å². The number of benzene rings is 1. The van der Waals surface area contributed by atoms with Crippen LogP contribution in [0.3, 0.4) is 0 Å². The van der Waals surface area contributed by atoms with Gasteiger partial charge in [0.15, 0.2) is 0 Å². The molecule has 5 nitrogen and oxygen atoms in total. The molecule has 0 fully saturated rings. The Kier molecular flexibility index (Phi) is 3.68. The van der Waals surface area contributed by atoms with Crippen LogP contribution in [0.2, 0.25) is 0 Å². The summed E-state index contributed by atoms with van der Waals surface area (Å²) in [7, 11) is 1.52. The summed E-state index contributed by atoms with van der Waals surface area (Å²) in [6, 6.07) is 6.13. The smallest absolute Gasteiger partial charge is 0.335 e. The van der Waals surface area contributed by atoms with Crippen molar-refractivity contribution in [3.63, 3.8) is 0 Å². The number of aromatic carboxylic acids is 1. The van der Waals surface area contributed by atoms with Gasteiger partial charge in [-0.3, -0.25) is 0 Å². The van der Waals surface area contributed by atoms with Gasteiger partial charge in [-0.15, -0.1) is 0 Å². The van der Waals surface area contributed by atoms with Crippen molar-refractivity contribution < 1.29 is 14.7 Å². The molecule has 0 unspecified atom stereocenters. The van der Waals surface area contributed by atoms with Crippen molar-refractivity contribution in [2.24, 2.45) is 0 Å². The number of rotatable bonds is 3. The molecule has 1 aromatic carbocycles. The fraction of sp³-hybridized carbons (Fsp3) is 0.200. The lowest BCUT2D eigenvalue weighted by molar-refractivity contribution is 0.0696. The van der Waals surface area contributed by atoms with Crippen LogP contribution in [-0.2, 0) is 6.54 Å². The Morgan fingerprint density at radius 1 is 1.40 bits per heavy atom. The summed E-state index contributed by atoms with van der Waals surface area (Å²) in [5, 5.41) is 13.7. The van der Waals surface area contributed by atoms with Crippen LogP contribution in [0.25, 0.3) is 0 Å². The molecule has 0 aromatic heterocycles. The number of carbonyl (C=O) groups is 2. The highest BCUT2D eigenvalue weighted by Gasteiger charge is 2.03. The Labute approximate surface area is 87.1 Å². The first kappa shape index (κ1) is 11.0. The molecule has 0 saturated carbocycles. The fourth-order valence-corrected chi connectivity index (χ4v) is 1.09. The predicted molar refractivity (Wildman–Crippen MR) is 54.7 cm³/mol. The van der Waals surface area contributed by atoms with E-state index >= 15 is 0 Å². The SMILES string of the molecule is CNC(=O)NCc1cccc(C(=O)O)c1. The average molecular weight is 208 g/mol. The number of hydrogen-bond donors (Lipinski definition) is 3. The van der Waals surface area contributed by atoms with Gasteiger partial charge in [-0.2, -0.15) is 0 Å². The van der Waals surface area contributed by atoms with Gasteiger partial charge in [-0.25, -0.2) is 9.59 Å². The van der Waals surface area contributed by atoms with Crippen LogP contribution in [0.15, 0.2) is 24.3 Å². The second-order valence-corrected chi connectivity index (χ2v) is 2.94. The molecule has 0 spiro atoms. The van der Waals surface area contributed by atoms with Gasteiger partial charge >= 0.3 is 12.0 Å². The number of urea groups is 1. The summed E-state index contributed by atoms with van der Waals surface area (Å²) in [5.41, 5.74) is 0.963. The molecule has 1 aromatic rings. The van der Waals surface area contributed by atoms with Crippen LogP contribution in [0.1, 0.15) is 15.9 Å². The van der Waals surface area contributed by atoms with E-state index in [1.807, 2.05) is 0 Å². The number of amides is 2. The van der Waals surface area contributed by atoms with Crippen LogP contribution in [0.5, 0.6) is 0 Å². The first-order valence-electron chi connectivity index (χ1n) is 4.41. The van der Waals surface area contributed by atoms with Crippen molar-refractivity contribution in [1.29, 1.82) is 0 Å². The van der Waals surface area contributed by atoms with E-state index in [1.54, 1.807) is 12.1 Å². The highest BCUT2D eigenvalue weighted by molar-refractivity contribution is 5.87. The first-order chi connectivity index (χ1) is 7.13. The monoisotopic (exact) mass is 208 g/mol. The number of hydrogen-bond acceptors (Lipinski definition) is 2. The van der Waals surface area contributed by atoms with Crippen LogP contribution >= 0.6 is 0 Å². The average Bonchev–Trinajstić information content (AvgIpc) is 2.26. The molecule has 0 aliphatic rings. The zero-order valence-corrected chi connectivity index (χ0v) is 8.28. The van der Waals surface area contributed by atoms with Gasteiger partial charge in [0.25, 0.3) is 0 Å². The number of carbonyl (C=O) groups excluding carboxylic acids is 1. The van der Waals surface area contributed by atoms with Gasteiger partial charge in [-0.05, 0) is 17.7 Å². The van der Waals surface area contributed by atoms with Crippen molar-refractivity contribution in [2.75, 3.05) is 7.05 Å². The lowest BCUT2D eigenvalue weighted by Crippen LogP contribution is -2.32. The first-order valence-corrected chi connectivity index (χ1v) is 4.41. The van der Waals surface area contributed by atoms with Crippen molar-refractivity contribution in [3.05, 3.63) is 35.4 Å². The molecule has 0 aliphatic heterocycles. The van der Waals surface area contributed by atoms with Gasteiger partial charge in [-0.1, -0.05) is 12.1 Å². The van der Waals surface area contributed by atoms with E-state index in [9.17, 15) is 9.59 Å². The second kappa shape index (κ2) is 4.99. The molecule has 2 amide bonds. The number of carboxylic acid groups (broad SMARTS) is 1. The lowest BCUT2D eigenvalue weighted by Gasteiger charge is -2.04. The normalized spacial score (nSPS) is 9.40. The summed E-state index contributed by atoms with van der Waals surface area (Å²) < 4.78 is 0. The molecule has 0 atom stereocenters.